The van der Waals surface area contributed by atoms with E-state index in [2.05, 4.69) is 17.9 Å². The van der Waals surface area contributed by atoms with Crippen LogP contribution < -0.4 is 5.32 Å². The highest BCUT2D eigenvalue weighted by Crippen LogP contribution is 2.26. The predicted molar refractivity (Wildman–Crippen MR) is 147 cm³/mol. The Kier molecular flexibility index (Phi) is 9.60. The van der Waals surface area contributed by atoms with Crippen molar-refractivity contribution in [2.24, 2.45) is 0 Å². The van der Waals surface area contributed by atoms with Crippen molar-refractivity contribution >= 4 is 42.1 Å². The molecule has 2 fully saturated rings. The van der Waals surface area contributed by atoms with Crippen LogP contribution in [-0.2, 0) is 27.5 Å². The maximum atomic E-state index is 13.3. The lowest BCUT2D eigenvalue weighted by Crippen LogP contribution is -2.52. The lowest BCUT2D eigenvalue weighted by atomic mass is 10.0. The van der Waals surface area contributed by atoms with E-state index in [4.69, 9.17) is 9.47 Å². The number of likely N-dealkylation sites (tertiary alicyclic amines) is 2. The topological polar surface area (TPSA) is 174 Å². The Morgan fingerprint density at radius 3 is 1.90 bits per heavy atom. The second-order valence-corrected chi connectivity index (χ2v) is 10.5. The lowest BCUT2D eigenvalue weighted by Gasteiger charge is -2.35. The van der Waals surface area contributed by atoms with Crippen molar-refractivity contribution in [1.29, 1.82) is 0 Å². The average Bonchev–Trinajstić information content (AvgIpc) is 3.37. The summed E-state index contributed by atoms with van der Waals surface area (Å²) in [6.45, 7) is 0.876. The summed E-state index contributed by atoms with van der Waals surface area (Å²) < 4.78 is 10.6. The van der Waals surface area contributed by atoms with Gasteiger partial charge in [-0.1, -0.05) is 0 Å². The van der Waals surface area contributed by atoms with Gasteiger partial charge in [-0.25, -0.2) is 9.59 Å². The molecule has 0 aromatic heterocycles. The van der Waals surface area contributed by atoms with E-state index in [1.807, 2.05) is 0 Å². The predicted octanol–water partition coefficient (Wildman–Crippen LogP) is 3.43. The van der Waals surface area contributed by atoms with Gasteiger partial charge in [0, 0.05) is 55.2 Å². The summed E-state index contributed by atoms with van der Waals surface area (Å²) in [5, 5.41) is 24.1. The molecule has 1 N–H and O–H groups in total. The quantitative estimate of drug-likeness (QED) is 0.266. The van der Waals surface area contributed by atoms with Crippen molar-refractivity contribution in [2.75, 3.05) is 19.6 Å². The van der Waals surface area contributed by atoms with Crippen LogP contribution >= 0.6 is 12.6 Å². The van der Waals surface area contributed by atoms with Gasteiger partial charge in [-0.3, -0.25) is 29.9 Å². The first kappa shape index (κ1) is 29.6. The van der Waals surface area contributed by atoms with Gasteiger partial charge in [-0.15, -0.1) is 0 Å². The minimum Gasteiger partial charge on any atom is -0.445 e. The van der Waals surface area contributed by atoms with Crippen molar-refractivity contribution in [2.45, 2.75) is 49.8 Å². The number of benzene rings is 2. The van der Waals surface area contributed by atoms with E-state index in [9.17, 15) is 34.6 Å². The van der Waals surface area contributed by atoms with E-state index in [0.29, 0.717) is 43.5 Å². The average molecular weight is 588 g/mol. The summed E-state index contributed by atoms with van der Waals surface area (Å²) in [5.74, 6) is -0.215. The molecule has 218 valence electrons. The maximum absolute atomic E-state index is 13.3. The highest BCUT2D eigenvalue weighted by atomic mass is 32.1. The molecule has 14 nitrogen and oxygen atoms in total. The number of carbonyl (C=O) groups excluding carboxylic acids is 3. The van der Waals surface area contributed by atoms with Gasteiger partial charge in [-0.05, 0) is 54.7 Å². The van der Waals surface area contributed by atoms with Crippen molar-refractivity contribution in [1.82, 2.24) is 15.1 Å². The number of rotatable bonds is 8. The molecule has 0 radical (unpaired) electrons. The number of nitro benzene ring substituents is 2. The molecular formula is C26H29N5O9S. The number of nitro groups is 2. The first-order chi connectivity index (χ1) is 19.6. The second kappa shape index (κ2) is 13.3. The SMILES string of the molecule is O=C(NC1CCN(C(=O)[C@@H]2C[C@H](S)CN2C(=O)OCc2ccc([N+](=O)[O-])cc2)CC1)OCc1ccc([N+](=O)[O-])cc1. The summed E-state index contributed by atoms with van der Waals surface area (Å²) >= 11 is 4.47. The Morgan fingerprint density at radius 1 is 0.878 bits per heavy atom. The van der Waals surface area contributed by atoms with Crippen LogP contribution in [0.3, 0.4) is 0 Å². The molecular weight excluding hydrogens is 558 g/mol. The number of alkyl carbamates (subject to hydrolysis) is 1. The number of nitrogens with zero attached hydrogens (tertiary/aromatic N) is 4. The third-order valence-electron chi connectivity index (χ3n) is 6.95. The first-order valence-corrected chi connectivity index (χ1v) is 13.4. The number of piperidine rings is 1. The fourth-order valence-corrected chi connectivity index (χ4v) is 5.09. The molecule has 0 spiro atoms. The molecule has 2 saturated heterocycles. The molecule has 2 aromatic carbocycles. The third-order valence-corrected chi connectivity index (χ3v) is 7.33. The number of ether oxygens (including phenoxy) is 2. The molecule has 15 heteroatoms. The van der Waals surface area contributed by atoms with Gasteiger partial charge in [0.15, 0.2) is 0 Å². The molecule has 0 unspecified atom stereocenters. The summed E-state index contributed by atoms with van der Waals surface area (Å²) in [4.78, 5) is 61.9. The lowest BCUT2D eigenvalue weighted by molar-refractivity contribution is -0.385. The Balaban J connectivity index is 1.22. The smallest absolute Gasteiger partial charge is 0.410 e. The third kappa shape index (κ3) is 7.84. The Labute approximate surface area is 240 Å². The number of amides is 3. The molecule has 2 aliphatic heterocycles. The zero-order chi connectivity index (χ0) is 29.5. The fourth-order valence-electron chi connectivity index (χ4n) is 4.72. The van der Waals surface area contributed by atoms with Crippen molar-refractivity contribution in [3.05, 3.63) is 79.9 Å². The number of hydrogen-bond acceptors (Lipinski definition) is 10. The monoisotopic (exact) mass is 587 g/mol. The van der Waals surface area contributed by atoms with Gasteiger partial charge < -0.3 is 19.7 Å². The van der Waals surface area contributed by atoms with Crippen LogP contribution in [0.15, 0.2) is 48.5 Å². The van der Waals surface area contributed by atoms with Crippen LogP contribution in [0.5, 0.6) is 0 Å². The molecule has 3 amide bonds. The summed E-state index contributed by atoms with van der Waals surface area (Å²) in [5.41, 5.74) is 1.07. The zero-order valence-corrected chi connectivity index (χ0v) is 22.8. The van der Waals surface area contributed by atoms with Gasteiger partial charge in [0.25, 0.3) is 11.4 Å². The van der Waals surface area contributed by atoms with Crippen molar-refractivity contribution in [3.63, 3.8) is 0 Å². The molecule has 2 heterocycles. The van der Waals surface area contributed by atoms with E-state index in [-0.39, 0.29) is 48.3 Å². The number of thiol groups is 1. The maximum Gasteiger partial charge on any atom is 0.410 e. The number of nitrogens with one attached hydrogen (secondary N) is 1. The van der Waals surface area contributed by atoms with Crippen LogP contribution in [0.2, 0.25) is 0 Å². The number of hydrogen-bond donors (Lipinski definition) is 2. The van der Waals surface area contributed by atoms with Gasteiger partial charge in [0.2, 0.25) is 5.91 Å². The number of non-ortho nitro benzene ring substituents is 2. The van der Waals surface area contributed by atoms with Gasteiger partial charge in [-0.2, -0.15) is 12.6 Å². The summed E-state index contributed by atoms with van der Waals surface area (Å²) in [6.07, 6.45) is 0.0937. The van der Waals surface area contributed by atoms with Gasteiger partial charge >= 0.3 is 12.2 Å². The highest BCUT2D eigenvalue weighted by Gasteiger charge is 2.41. The summed E-state index contributed by atoms with van der Waals surface area (Å²) in [7, 11) is 0. The van der Waals surface area contributed by atoms with Crippen LogP contribution in [0.25, 0.3) is 0 Å². The van der Waals surface area contributed by atoms with E-state index in [1.54, 1.807) is 4.90 Å². The molecule has 2 aliphatic rings. The standard InChI is InChI=1S/C26H29N5O9S/c32-24(23-13-22(41)14-29(23)26(34)40-16-18-3-7-21(8-4-18)31(37)38)28-11-9-19(10-12-28)27-25(33)39-15-17-1-5-20(6-2-17)30(35)36/h1-8,19,22-23,41H,9-16H2,(H,27,33)/t22-,23-/m0/s1. The highest BCUT2D eigenvalue weighted by molar-refractivity contribution is 7.81. The zero-order valence-electron chi connectivity index (χ0n) is 21.9. The van der Waals surface area contributed by atoms with E-state index < -0.39 is 28.1 Å². The molecule has 4 rings (SSSR count). The Bertz CT molecular complexity index is 1280. The van der Waals surface area contributed by atoms with E-state index >= 15 is 0 Å². The molecule has 2 atom stereocenters. The van der Waals surface area contributed by atoms with E-state index in [0.717, 1.165) is 0 Å². The fraction of sp³-hybridized carbons (Fsp3) is 0.423. The van der Waals surface area contributed by atoms with E-state index in [1.165, 1.54) is 53.4 Å². The molecule has 0 saturated carbocycles. The normalized spacial score (nSPS) is 19.0. The molecule has 0 bridgehead atoms. The van der Waals surface area contributed by atoms with Crippen LogP contribution in [-0.4, -0.2) is 74.7 Å². The van der Waals surface area contributed by atoms with Crippen molar-refractivity contribution < 1.29 is 33.7 Å². The molecule has 41 heavy (non-hydrogen) atoms. The second-order valence-electron chi connectivity index (χ2n) is 9.78. The van der Waals surface area contributed by atoms with Crippen LogP contribution in [0.4, 0.5) is 21.0 Å². The minimum atomic E-state index is -0.724. The molecule has 2 aromatic rings. The minimum absolute atomic E-state index is 0.0378. The van der Waals surface area contributed by atoms with Gasteiger partial charge in [0.05, 0.1) is 9.85 Å². The first-order valence-electron chi connectivity index (χ1n) is 12.9. The largest absolute Gasteiger partial charge is 0.445 e. The van der Waals surface area contributed by atoms with Crippen molar-refractivity contribution in [3.8, 4) is 0 Å². The Morgan fingerprint density at radius 2 is 1.39 bits per heavy atom. The molecule has 0 aliphatic carbocycles. The van der Waals surface area contributed by atoms with Crippen LogP contribution in [0, 0.1) is 20.2 Å². The van der Waals surface area contributed by atoms with Gasteiger partial charge in [0.1, 0.15) is 19.3 Å². The number of carbonyl (C=O) groups is 3. The van der Waals surface area contributed by atoms with Crippen LogP contribution in [0.1, 0.15) is 30.4 Å². The Hall–Kier alpha value is -4.40. The summed E-state index contributed by atoms with van der Waals surface area (Å²) in [6, 6.07) is 10.4.